The number of hydrogen-bond donors (Lipinski definition) is 1. The lowest BCUT2D eigenvalue weighted by atomic mass is 10.2. The minimum atomic E-state index is -2.94. The Kier molecular flexibility index (Phi) is 7.39. The molecular formula is C18H16ClF2NO6. The molecule has 28 heavy (non-hydrogen) atoms. The van der Waals surface area contributed by atoms with Crippen molar-refractivity contribution >= 4 is 29.2 Å². The molecule has 1 amide bonds. The van der Waals surface area contributed by atoms with Crippen LogP contribution >= 0.6 is 11.6 Å². The molecule has 0 aliphatic carbocycles. The monoisotopic (exact) mass is 415 g/mol. The average molecular weight is 416 g/mol. The second-order valence-electron chi connectivity index (χ2n) is 5.22. The van der Waals surface area contributed by atoms with Gasteiger partial charge in [-0.3, -0.25) is 4.79 Å². The van der Waals surface area contributed by atoms with Gasteiger partial charge in [0.05, 0.1) is 24.8 Å². The maximum absolute atomic E-state index is 12.1. The lowest BCUT2D eigenvalue weighted by molar-refractivity contribution is -0.119. The predicted molar refractivity (Wildman–Crippen MR) is 96.5 cm³/mol. The minimum absolute atomic E-state index is 0.0511. The van der Waals surface area contributed by atoms with E-state index in [0.29, 0.717) is 5.69 Å². The van der Waals surface area contributed by atoms with Crippen molar-refractivity contribution in [1.29, 1.82) is 0 Å². The molecule has 150 valence electrons. The fraction of sp³-hybridized carbons (Fsp3) is 0.222. The number of amides is 1. The Morgan fingerprint density at radius 1 is 1.11 bits per heavy atom. The van der Waals surface area contributed by atoms with Crippen LogP contribution in [0.4, 0.5) is 14.5 Å². The van der Waals surface area contributed by atoms with Gasteiger partial charge in [-0.15, -0.1) is 0 Å². The van der Waals surface area contributed by atoms with Crippen LogP contribution in [0.1, 0.15) is 10.4 Å². The Bertz CT molecular complexity index is 845. The normalized spacial score (nSPS) is 10.4. The molecule has 7 nitrogen and oxygen atoms in total. The molecule has 2 aromatic rings. The summed E-state index contributed by atoms with van der Waals surface area (Å²) in [4.78, 5) is 24.0. The smallest absolute Gasteiger partial charge is 0.387 e. The molecule has 10 heteroatoms. The van der Waals surface area contributed by atoms with Crippen LogP contribution in [0.3, 0.4) is 0 Å². The highest BCUT2D eigenvalue weighted by molar-refractivity contribution is 6.32. The number of nitrogens with one attached hydrogen (secondary N) is 1. The van der Waals surface area contributed by atoms with Crippen LogP contribution in [0.25, 0.3) is 0 Å². The number of anilines is 1. The Balaban J connectivity index is 1.93. The second-order valence-corrected chi connectivity index (χ2v) is 5.63. The maximum Gasteiger partial charge on any atom is 0.387 e. The molecular weight excluding hydrogens is 400 g/mol. The first-order valence-corrected chi connectivity index (χ1v) is 8.15. The van der Waals surface area contributed by atoms with Crippen molar-refractivity contribution in [2.45, 2.75) is 6.61 Å². The third-order valence-electron chi connectivity index (χ3n) is 3.37. The first kappa shape index (κ1) is 21.2. The van der Waals surface area contributed by atoms with Crippen molar-refractivity contribution in [1.82, 2.24) is 0 Å². The molecule has 0 radical (unpaired) electrons. The zero-order valence-electron chi connectivity index (χ0n) is 14.8. The van der Waals surface area contributed by atoms with Crippen molar-refractivity contribution in [2.75, 3.05) is 26.1 Å². The van der Waals surface area contributed by atoms with Crippen molar-refractivity contribution in [2.24, 2.45) is 0 Å². The highest BCUT2D eigenvalue weighted by Crippen LogP contribution is 2.36. The number of alkyl halides is 2. The van der Waals surface area contributed by atoms with Gasteiger partial charge in [0.25, 0.3) is 5.91 Å². The lowest BCUT2D eigenvalue weighted by Crippen LogP contribution is -2.21. The van der Waals surface area contributed by atoms with Gasteiger partial charge in [-0.1, -0.05) is 11.6 Å². The summed E-state index contributed by atoms with van der Waals surface area (Å²) >= 11 is 6.02. The number of benzene rings is 2. The SMILES string of the molecule is COc1cc(C(=O)OCC(=O)Nc2ccc(OC(F)F)cc2)cc(Cl)c1OC. The second kappa shape index (κ2) is 9.75. The molecule has 0 aliphatic rings. The van der Waals surface area contributed by atoms with Crippen molar-refractivity contribution < 1.29 is 37.3 Å². The van der Waals surface area contributed by atoms with E-state index in [-0.39, 0.29) is 27.8 Å². The maximum atomic E-state index is 12.1. The van der Waals surface area contributed by atoms with Gasteiger partial charge in [-0.05, 0) is 36.4 Å². The molecule has 0 unspecified atom stereocenters. The van der Waals surface area contributed by atoms with Crippen molar-refractivity contribution in [3.8, 4) is 17.2 Å². The van der Waals surface area contributed by atoms with Gasteiger partial charge in [0.1, 0.15) is 5.75 Å². The highest BCUT2D eigenvalue weighted by Gasteiger charge is 2.17. The van der Waals surface area contributed by atoms with Crippen LogP contribution in [-0.4, -0.2) is 39.3 Å². The van der Waals surface area contributed by atoms with E-state index in [2.05, 4.69) is 10.1 Å². The lowest BCUT2D eigenvalue weighted by Gasteiger charge is -2.12. The number of hydrogen-bond acceptors (Lipinski definition) is 6. The van der Waals surface area contributed by atoms with E-state index in [1.165, 1.54) is 50.6 Å². The van der Waals surface area contributed by atoms with Gasteiger partial charge in [0.2, 0.25) is 0 Å². The van der Waals surface area contributed by atoms with E-state index in [9.17, 15) is 18.4 Å². The summed E-state index contributed by atoms with van der Waals surface area (Å²) in [6.07, 6.45) is 0. The third kappa shape index (κ3) is 5.71. The number of methoxy groups -OCH3 is 2. The van der Waals surface area contributed by atoms with E-state index < -0.39 is 25.1 Å². The fourth-order valence-corrected chi connectivity index (χ4v) is 2.45. The standard InChI is InChI=1S/C18H16ClF2NO6/c1-25-14-8-10(7-13(19)16(14)26-2)17(24)27-9-15(23)22-11-3-5-12(6-4-11)28-18(20)21/h3-8,18H,9H2,1-2H3,(H,22,23). The molecule has 0 spiro atoms. The van der Waals surface area contributed by atoms with Crippen molar-refractivity contribution in [3.05, 3.63) is 47.0 Å². The highest BCUT2D eigenvalue weighted by atomic mass is 35.5. The van der Waals surface area contributed by atoms with Crippen LogP contribution in [0.15, 0.2) is 36.4 Å². The van der Waals surface area contributed by atoms with E-state index in [4.69, 9.17) is 25.8 Å². The summed E-state index contributed by atoms with van der Waals surface area (Å²) in [6.45, 7) is -3.51. The Labute approximate surface area is 164 Å². The summed E-state index contributed by atoms with van der Waals surface area (Å²) in [6, 6.07) is 7.95. The van der Waals surface area contributed by atoms with Crippen molar-refractivity contribution in [3.63, 3.8) is 0 Å². The van der Waals surface area contributed by atoms with Crippen LogP contribution in [0.2, 0.25) is 5.02 Å². The van der Waals surface area contributed by atoms with E-state index >= 15 is 0 Å². The number of esters is 1. The Morgan fingerprint density at radius 2 is 1.79 bits per heavy atom. The molecule has 0 bridgehead atoms. The molecule has 2 rings (SSSR count). The van der Waals surface area contributed by atoms with E-state index in [1.54, 1.807) is 0 Å². The quantitative estimate of drug-likeness (QED) is 0.661. The molecule has 0 aliphatic heterocycles. The summed E-state index contributed by atoms with van der Waals surface area (Å²) < 4.78 is 43.5. The Morgan fingerprint density at radius 3 is 2.36 bits per heavy atom. The van der Waals surface area contributed by atoms with Gasteiger partial charge in [-0.25, -0.2) is 4.79 Å². The molecule has 0 saturated carbocycles. The van der Waals surface area contributed by atoms with Crippen LogP contribution in [0.5, 0.6) is 17.2 Å². The molecule has 0 fully saturated rings. The molecule has 0 saturated heterocycles. The van der Waals surface area contributed by atoms with Crippen LogP contribution < -0.4 is 19.5 Å². The molecule has 0 atom stereocenters. The summed E-state index contributed by atoms with van der Waals surface area (Å²) in [5.41, 5.74) is 0.390. The molecule has 0 aromatic heterocycles. The predicted octanol–water partition coefficient (Wildman–Crippen LogP) is 3.75. The van der Waals surface area contributed by atoms with Gasteiger partial charge in [0.15, 0.2) is 18.1 Å². The topological polar surface area (TPSA) is 83.1 Å². The third-order valence-corrected chi connectivity index (χ3v) is 3.65. The largest absolute Gasteiger partial charge is 0.493 e. The number of carbonyl (C=O) groups excluding carboxylic acids is 2. The molecule has 2 aromatic carbocycles. The number of rotatable bonds is 8. The van der Waals surface area contributed by atoms with Gasteiger partial charge in [-0.2, -0.15) is 8.78 Å². The first-order chi connectivity index (χ1) is 13.3. The zero-order chi connectivity index (χ0) is 20.7. The number of carbonyl (C=O) groups is 2. The van der Waals surface area contributed by atoms with Crippen LogP contribution in [-0.2, 0) is 9.53 Å². The zero-order valence-corrected chi connectivity index (χ0v) is 15.6. The summed E-state index contributed by atoms with van der Waals surface area (Å²) in [7, 11) is 2.78. The minimum Gasteiger partial charge on any atom is -0.493 e. The van der Waals surface area contributed by atoms with Gasteiger partial charge < -0.3 is 24.3 Å². The van der Waals surface area contributed by atoms with E-state index in [1.807, 2.05) is 0 Å². The van der Waals surface area contributed by atoms with Gasteiger partial charge >= 0.3 is 12.6 Å². The number of ether oxygens (including phenoxy) is 4. The first-order valence-electron chi connectivity index (χ1n) is 7.77. The Hall–Kier alpha value is -3.07. The van der Waals surface area contributed by atoms with E-state index in [0.717, 1.165) is 0 Å². The molecule has 0 heterocycles. The fourth-order valence-electron chi connectivity index (χ4n) is 2.17. The summed E-state index contributed by atoms with van der Waals surface area (Å²) in [5, 5.41) is 2.59. The summed E-state index contributed by atoms with van der Waals surface area (Å²) in [5.74, 6) is -0.971. The number of halogens is 3. The molecule has 1 N–H and O–H groups in total. The van der Waals surface area contributed by atoms with Crippen LogP contribution in [0, 0.1) is 0 Å². The van der Waals surface area contributed by atoms with Gasteiger partial charge in [0, 0.05) is 5.69 Å². The average Bonchev–Trinajstić information content (AvgIpc) is 2.66.